The minimum Gasteiger partial charge on any atom is -0.481 e. The van der Waals surface area contributed by atoms with E-state index in [4.69, 9.17) is 9.84 Å². The molecule has 0 spiro atoms. The summed E-state index contributed by atoms with van der Waals surface area (Å²) >= 11 is 2.52. The Bertz CT molecular complexity index is 695. The van der Waals surface area contributed by atoms with Gasteiger partial charge in [-0.15, -0.1) is 11.8 Å². The summed E-state index contributed by atoms with van der Waals surface area (Å²) in [4.78, 5) is 30.0. The number of anilines is 1. The molecule has 1 aromatic rings. The second kappa shape index (κ2) is 11.3. The van der Waals surface area contributed by atoms with Crippen molar-refractivity contribution in [3.63, 3.8) is 0 Å². The van der Waals surface area contributed by atoms with Crippen LogP contribution >= 0.6 is 23.1 Å². The van der Waals surface area contributed by atoms with Crippen molar-refractivity contribution < 1.29 is 19.4 Å². The van der Waals surface area contributed by atoms with Gasteiger partial charge in [0, 0.05) is 12.6 Å². The number of thioether (sulfide) groups is 1. The third-order valence-electron chi connectivity index (χ3n) is 4.85. The Morgan fingerprint density at radius 3 is 2.57 bits per heavy atom. The lowest BCUT2D eigenvalue weighted by atomic mass is 9.91. The quantitative estimate of drug-likeness (QED) is 0.487. The van der Waals surface area contributed by atoms with Gasteiger partial charge >= 0.3 is 12.0 Å². The Kier molecular flexibility index (Phi) is 9.43. The smallest absolute Gasteiger partial charge is 0.323 e. The van der Waals surface area contributed by atoms with Crippen LogP contribution in [0.4, 0.5) is 9.93 Å². The van der Waals surface area contributed by atoms with Gasteiger partial charge in [0.1, 0.15) is 0 Å². The molecule has 170 valence electrons. The molecule has 0 unspecified atom stereocenters. The van der Waals surface area contributed by atoms with Gasteiger partial charge < -0.3 is 14.7 Å². The van der Waals surface area contributed by atoms with Crippen molar-refractivity contribution in [2.45, 2.75) is 88.7 Å². The molecule has 0 saturated heterocycles. The van der Waals surface area contributed by atoms with Gasteiger partial charge in [-0.1, -0.05) is 25.2 Å². The molecule has 1 saturated carbocycles. The van der Waals surface area contributed by atoms with Crippen molar-refractivity contribution in [3.05, 3.63) is 6.20 Å². The van der Waals surface area contributed by atoms with Crippen molar-refractivity contribution in [2.75, 3.05) is 17.6 Å². The lowest BCUT2D eigenvalue weighted by molar-refractivity contribution is -0.133. The van der Waals surface area contributed by atoms with Crippen LogP contribution in [0.5, 0.6) is 0 Å². The van der Waals surface area contributed by atoms with Crippen LogP contribution in [0.1, 0.15) is 66.7 Å². The number of rotatable bonds is 9. The van der Waals surface area contributed by atoms with Crippen molar-refractivity contribution in [2.24, 2.45) is 5.92 Å². The Morgan fingerprint density at radius 1 is 1.33 bits per heavy atom. The van der Waals surface area contributed by atoms with Crippen LogP contribution in [0.2, 0.25) is 0 Å². The van der Waals surface area contributed by atoms with Crippen molar-refractivity contribution in [1.29, 1.82) is 0 Å². The largest absolute Gasteiger partial charge is 0.481 e. The predicted octanol–water partition coefficient (Wildman–Crippen LogP) is 5.33. The molecule has 1 aromatic heterocycles. The number of thiazole rings is 1. The topological polar surface area (TPSA) is 91.8 Å². The van der Waals surface area contributed by atoms with Crippen LogP contribution in [0, 0.1) is 5.92 Å². The number of carbonyl (C=O) groups excluding carboxylic acids is 1. The van der Waals surface area contributed by atoms with E-state index < -0.39 is 5.97 Å². The first-order valence-corrected chi connectivity index (χ1v) is 12.4. The van der Waals surface area contributed by atoms with Gasteiger partial charge in [0.25, 0.3) is 0 Å². The molecule has 1 heterocycles. The molecule has 9 heteroatoms. The van der Waals surface area contributed by atoms with Crippen LogP contribution < -0.4 is 5.32 Å². The minimum absolute atomic E-state index is 0.0179. The summed E-state index contributed by atoms with van der Waals surface area (Å²) in [6.45, 7) is 11.3. The fourth-order valence-electron chi connectivity index (χ4n) is 3.50. The SMILES string of the molecule is CC(C)CCN(C(=O)Nc1ncc(SCC(=O)O)s1)C1CCC(OC(C)(C)C)CC1. The number of carboxylic acids is 1. The molecule has 0 aromatic carbocycles. The Balaban J connectivity index is 1.97. The summed E-state index contributed by atoms with van der Waals surface area (Å²) in [5, 5.41) is 12.2. The lowest BCUT2D eigenvalue weighted by Crippen LogP contribution is -2.46. The number of carboxylic acid groups (broad SMARTS) is 1. The fourth-order valence-corrected chi connectivity index (χ4v) is 5.08. The zero-order valence-corrected chi connectivity index (χ0v) is 20.3. The molecule has 1 aliphatic carbocycles. The number of aliphatic carboxylic acids is 1. The van der Waals surface area contributed by atoms with Crippen molar-refractivity contribution in [3.8, 4) is 0 Å². The van der Waals surface area contributed by atoms with Crippen LogP contribution in [0.25, 0.3) is 0 Å². The first-order valence-electron chi connectivity index (χ1n) is 10.6. The van der Waals surface area contributed by atoms with Gasteiger partial charge in [-0.2, -0.15) is 0 Å². The molecule has 30 heavy (non-hydrogen) atoms. The number of ether oxygens (including phenoxy) is 1. The Labute approximate surface area is 188 Å². The molecule has 0 atom stereocenters. The van der Waals surface area contributed by atoms with Gasteiger partial charge in [-0.3, -0.25) is 10.1 Å². The maximum Gasteiger partial charge on any atom is 0.323 e. The van der Waals surface area contributed by atoms with E-state index in [-0.39, 0.29) is 29.5 Å². The number of nitrogens with zero attached hydrogens (tertiary/aromatic N) is 2. The maximum atomic E-state index is 13.1. The van der Waals surface area contributed by atoms with Crippen LogP contribution in [-0.4, -0.2) is 57.0 Å². The van der Waals surface area contributed by atoms with Crippen molar-refractivity contribution >= 4 is 40.2 Å². The van der Waals surface area contributed by atoms with Crippen LogP contribution in [0.15, 0.2) is 10.4 Å². The third-order valence-corrected chi connectivity index (χ3v) is 6.94. The number of carbonyl (C=O) groups is 2. The summed E-state index contributed by atoms with van der Waals surface area (Å²) in [6, 6.07) is 0.0735. The van der Waals surface area contributed by atoms with Crippen LogP contribution in [0.3, 0.4) is 0 Å². The molecular weight excluding hydrogens is 422 g/mol. The number of aromatic nitrogens is 1. The molecule has 2 amide bonds. The monoisotopic (exact) mass is 457 g/mol. The van der Waals surface area contributed by atoms with Gasteiger partial charge in [0.2, 0.25) is 0 Å². The average Bonchev–Trinajstić information content (AvgIpc) is 3.07. The van der Waals surface area contributed by atoms with E-state index in [2.05, 4.69) is 44.9 Å². The summed E-state index contributed by atoms with van der Waals surface area (Å²) in [6.07, 6.45) is 6.60. The van der Waals surface area contributed by atoms with Crippen LogP contribution in [-0.2, 0) is 9.53 Å². The molecule has 1 fully saturated rings. The van der Waals surface area contributed by atoms with Gasteiger partial charge in [-0.05, 0) is 58.8 Å². The van der Waals surface area contributed by atoms with E-state index in [9.17, 15) is 9.59 Å². The summed E-state index contributed by atoms with van der Waals surface area (Å²) in [5.74, 6) is -0.375. The highest BCUT2D eigenvalue weighted by molar-refractivity contribution is 8.01. The van der Waals surface area contributed by atoms with E-state index in [1.54, 1.807) is 6.20 Å². The minimum atomic E-state index is -0.870. The first kappa shape index (κ1) is 24.9. The summed E-state index contributed by atoms with van der Waals surface area (Å²) in [5.41, 5.74) is -0.145. The third kappa shape index (κ3) is 8.81. The molecule has 2 rings (SSSR count). The summed E-state index contributed by atoms with van der Waals surface area (Å²) in [7, 11) is 0. The number of hydrogen-bond donors (Lipinski definition) is 2. The van der Waals surface area contributed by atoms with E-state index in [0.717, 1.165) is 36.3 Å². The van der Waals surface area contributed by atoms with E-state index in [1.807, 2.05) is 4.90 Å². The zero-order chi connectivity index (χ0) is 22.3. The molecule has 7 nitrogen and oxygen atoms in total. The number of amides is 2. The normalized spacial score (nSPS) is 19.7. The Hall–Kier alpha value is -1.32. The second-order valence-corrected chi connectivity index (χ2v) is 11.4. The number of hydrogen-bond acceptors (Lipinski definition) is 6. The zero-order valence-electron chi connectivity index (χ0n) is 18.6. The number of nitrogens with one attached hydrogen (secondary N) is 1. The lowest BCUT2D eigenvalue weighted by Gasteiger charge is -2.38. The highest BCUT2D eigenvalue weighted by Crippen LogP contribution is 2.31. The highest BCUT2D eigenvalue weighted by Gasteiger charge is 2.31. The van der Waals surface area contributed by atoms with E-state index in [1.165, 1.54) is 23.1 Å². The standard InChI is InChI=1S/C21H35N3O4S2/c1-14(2)10-11-24(15-6-8-16(9-7-15)28-21(3,4)5)20(27)23-19-22-12-18(30-19)29-13-17(25)26/h12,14-16H,6-11,13H2,1-5H3,(H,25,26)(H,22,23,27). The molecule has 1 aliphatic rings. The first-order chi connectivity index (χ1) is 14.0. The number of urea groups is 1. The average molecular weight is 458 g/mol. The van der Waals surface area contributed by atoms with Gasteiger partial charge in [0.15, 0.2) is 5.13 Å². The molecule has 2 N–H and O–H groups in total. The molecular formula is C21H35N3O4S2. The van der Waals surface area contributed by atoms with E-state index >= 15 is 0 Å². The Morgan fingerprint density at radius 2 is 2.00 bits per heavy atom. The van der Waals surface area contributed by atoms with Gasteiger partial charge in [-0.25, -0.2) is 9.78 Å². The van der Waals surface area contributed by atoms with Gasteiger partial charge in [0.05, 0.1) is 27.9 Å². The highest BCUT2D eigenvalue weighted by atomic mass is 32.2. The second-order valence-electron chi connectivity index (χ2n) is 9.13. The van der Waals surface area contributed by atoms with Crippen molar-refractivity contribution in [1.82, 2.24) is 9.88 Å². The van der Waals surface area contributed by atoms with E-state index in [0.29, 0.717) is 17.6 Å². The fraction of sp³-hybridized carbons (Fsp3) is 0.762. The predicted molar refractivity (Wildman–Crippen MR) is 123 cm³/mol. The molecule has 0 radical (unpaired) electrons. The summed E-state index contributed by atoms with van der Waals surface area (Å²) < 4.78 is 6.91. The molecule has 0 aliphatic heterocycles. The maximum absolute atomic E-state index is 13.1. The molecule has 0 bridgehead atoms.